The fourth-order valence-electron chi connectivity index (χ4n) is 4.27. The van der Waals surface area contributed by atoms with Crippen molar-refractivity contribution in [2.75, 3.05) is 24.6 Å². The highest BCUT2D eigenvalue weighted by Crippen LogP contribution is 2.51. The summed E-state index contributed by atoms with van der Waals surface area (Å²) in [6.45, 7) is 4.21. The van der Waals surface area contributed by atoms with Crippen molar-refractivity contribution < 1.29 is 9.84 Å². The molecular weight excluding hydrogens is 316 g/mol. The van der Waals surface area contributed by atoms with Gasteiger partial charge in [-0.3, -0.25) is 0 Å². The van der Waals surface area contributed by atoms with Crippen LogP contribution in [0.15, 0.2) is 24.4 Å². The Bertz CT molecular complexity index is 822. The van der Waals surface area contributed by atoms with Gasteiger partial charge in [0.25, 0.3) is 0 Å². The van der Waals surface area contributed by atoms with Crippen LogP contribution < -0.4 is 4.90 Å². The van der Waals surface area contributed by atoms with Gasteiger partial charge in [0, 0.05) is 43.1 Å². The van der Waals surface area contributed by atoms with Gasteiger partial charge in [0.15, 0.2) is 5.65 Å². The lowest BCUT2D eigenvalue weighted by Crippen LogP contribution is -2.62. The largest absolute Gasteiger partial charge is 0.392 e. The van der Waals surface area contributed by atoms with Crippen LogP contribution in [-0.2, 0) is 4.74 Å². The lowest BCUT2D eigenvalue weighted by atomic mass is 9.58. The highest BCUT2D eigenvalue weighted by Gasteiger charge is 2.56. The second kappa shape index (κ2) is 6.25. The third kappa shape index (κ3) is 2.55. The van der Waals surface area contributed by atoms with Crippen LogP contribution >= 0.6 is 0 Å². The summed E-state index contributed by atoms with van der Waals surface area (Å²) in [5.74, 6) is 0.699. The van der Waals surface area contributed by atoms with E-state index in [1.807, 2.05) is 25.1 Å². The number of aliphatic hydroxyl groups excluding tert-OH is 1. The Hall–Kier alpha value is -2.23. The fourth-order valence-corrected chi connectivity index (χ4v) is 4.27. The lowest BCUT2D eigenvalue weighted by molar-refractivity contribution is -0.199. The number of anilines is 1. The van der Waals surface area contributed by atoms with Gasteiger partial charge in [-0.2, -0.15) is 5.26 Å². The number of ether oxygens (including phenoxy) is 1. The second-order valence-corrected chi connectivity index (χ2v) is 6.94. The molecule has 2 aliphatic rings. The van der Waals surface area contributed by atoms with Gasteiger partial charge in [-0.15, -0.1) is 0 Å². The molecule has 25 heavy (non-hydrogen) atoms. The minimum absolute atomic E-state index is 0.131. The maximum atomic E-state index is 10.3. The van der Waals surface area contributed by atoms with Crippen LogP contribution in [0, 0.1) is 16.7 Å². The molecule has 0 aromatic carbocycles. The Morgan fingerprint density at radius 1 is 1.44 bits per heavy atom. The maximum Gasteiger partial charge on any atom is 0.161 e. The Morgan fingerprint density at radius 3 is 2.92 bits per heavy atom. The molecule has 2 unspecified atom stereocenters. The molecule has 1 aliphatic heterocycles. The third-order valence-electron chi connectivity index (χ3n) is 5.79. The van der Waals surface area contributed by atoms with E-state index in [0.717, 1.165) is 37.7 Å². The highest BCUT2D eigenvalue weighted by molar-refractivity contribution is 5.79. The van der Waals surface area contributed by atoms with Gasteiger partial charge in [0.05, 0.1) is 17.8 Å². The van der Waals surface area contributed by atoms with Gasteiger partial charge in [0.1, 0.15) is 11.9 Å². The molecule has 2 aromatic heterocycles. The first-order valence-electron chi connectivity index (χ1n) is 8.88. The topological polar surface area (TPSA) is 82.3 Å². The molecule has 2 aromatic rings. The van der Waals surface area contributed by atoms with E-state index >= 15 is 0 Å². The first-order chi connectivity index (χ1) is 12.2. The summed E-state index contributed by atoms with van der Waals surface area (Å²) in [5.41, 5.74) is 1.11. The number of aliphatic hydroxyl groups is 1. The number of nitriles is 1. The molecular formula is C19H22N4O2. The van der Waals surface area contributed by atoms with Crippen LogP contribution in [0.5, 0.6) is 0 Å². The van der Waals surface area contributed by atoms with Crippen molar-refractivity contribution in [2.24, 2.45) is 5.41 Å². The molecule has 0 radical (unpaired) electrons. The number of nitrogens with zero attached hydrogens (tertiary/aromatic N) is 4. The monoisotopic (exact) mass is 338 g/mol. The molecule has 1 spiro atoms. The fraction of sp³-hybridized carbons (Fsp3) is 0.526. The summed E-state index contributed by atoms with van der Waals surface area (Å²) in [4.78, 5) is 11.1. The predicted molar refractivity (Wildman–Crippen MR) is 94.2 cm³/mol. The summed E-state index contributed by atoms with van der Waals surface area (Å²) in [5, 5.41) is 20.7. The number of piperidine rings is 1. The molecule has 1 N–H and O–H groups in total. The standard InChI is InChI=1S/C19H22N4O2/c1-2-25-16-11-15(24)19(16)5-8-23(9-6-19)18-14(12-20)10-13-4-3-7-21-17(13)22-18/h3-4,7,10,15-16,24H,2,5-6,8-9,11H2,1H3. The van der Waals surface area contributed by atoms with Gasteiger partial charge < -0.3 is 14.7 Å². The van der Waals surface area contributed by atoms with Crippen LogP contribution in [-0.4, -0.2) is 47.0 Å². The van der Waals surface area contributed by atoms with E-state index in [-0.39, 0.29) is 17.6 Å². The van der Waals surface area contributed by atoms with Crippen LogP contribution in [0.1, 0.15) is 31.7 Å². The van der Waals surface area contributed by atoms with Gasteiger partial charge in [0.2, 0.25) is 0 Å². The normalized spacial score (nSPS) is 24.9. The average molecular weight is 338 g/mol. The summed E-state index contributed by atoms with van der Waals surface area (Å²) in [7, 11) is 0. The summed E-state index contributed by atoms with van der Waals surface area (Å²) in [6.07, 6.45) is 4.02. The quantitative estimate of drug-likeness (QED) is 0.924. The highest BCUT2D eigenvalue weighted by atomic mass is 16.5. The minimum Gasteiger partial charge on any atom is -0.392 e. The van der Waals surface area contributed by atoms with E-state index in [2.05, 4.69) is 20.9 Å². The first-order valence-corrected chi connectivity index (χ1v) is 8.88. The zero-order chi connectivity index (χ0) is 17.4. The van der Waals surface area contributed by atoms with Gasteiger partial charge in [-0.1, -0.05) is 0 Å². The van der Waals surface area contributed by atoms with Crippen molar-refractivity contribution in [3.63, 3.8) is 0 Å². The van der Waals surface area contributed by atoms with Crippen molar-refractivity contribution >= 4 is 16.9 Å². The van der Waals surface area contributed by atoms with E-state index < -0.39 is 0 Å². The number of hydrogen-bond donors (Lipinski definition) is 1. The number of rotatable bonds is 3. The molecule has 130 valence electrons. The van der Waals surface area contributed by atoms with Crippen LogP contribution in [0.3, 0.4) is 0 Å². The Labute approximate surface area is 147 Å². The van der Waals surface area contributed by atoms with Gasteiger partial charge in [-0.05, 0) is 38.0 Å². The van der Waals surface area contributed by atoms with Crippen LogP contribution in [0.2, 0.25) is 0 Å². The van der Waals surface area contributed by atoms with Gasteiger partial charge in [-0.25, -0.2) is 9.97 Å². The molecule has 2 fully saturated rings. The van der Waals surface area contributed by atoms with Crippen molar-refractivity contribution in [1.82, 2.24) is 9.97 Å². The van der Waals surface area contributed by atoms with Crippen molar-refractivity contribution in [2.45, 2.75) is 38.4 Å². The van der Waals surface area contributed by atoms with E-state index in [9.17, 15) is 10.4 Å². The molecule has 6 heteroatoms. The number of pyridine rings is 2. The summed E-state index contributed by atoms with van der Waals surface area (Å²) < 4.78 is 5.83. The molecule has 0 amide bonds. The van der Waals surface area contributed by atoms with E-state index in [1.165, 1.54) is 0 Å². The third-order valence-corrected chi connectivity index (χ3v) is 5.79. The molecule has 1 aliphatic carbocycles. The number of fused-ring (bicyclic) bond motifs is 1. The molecule has 1 saturated carbocycles. The molecule has 0 bridgehead atoms. The van der Waals surface area contributed by atoms with Crippen molar-refractivity contribution in [1.29, 1.82) is 5.26 Å². The van der Waals surface area contributed by atoms with Gasteiger partial charge >= 0.3 is 0 Å². The molecule has 4 rings (SSSR count). The molecule has 6 nitrogen and oxygen atoms in total. The Morgan fingerprint density at radius 2 is 2.24 bits per heavy atom. The van der Waals surface area contributed by atoms with Crippen LogP contribution in [0.25, 0.3) is 11.0 Å². The lowest BCUT2D eigenvalue weighted by Gasteiger charge is -2.56. The van der Waals surface area contributed by atoms with E-state index in [4.69, 9.17) is 4.74 Å². The zero-order valence-corrected chi connectivity index (χ0v) is 14.4. The maximum absolute atomic E-state index is 10.3. The predicted octanol–water partition coefficient (Wildman–Crippen LogP) is 2.26. The number of aromatic nitrogens is 2. The second-order valence-electron chi connectivity index (χ2n) is 6.94. The molecule has 3 heterocycles. The van der Waals surface area contributed by atoms with E-state index in [1.54, 1.807) is 6.20 Å². The van der Waals surface area contributed by atoms with Crippen molar-refractivity contribution in [3.8, 4) is 6.07 Å². The summed E-state index contributed by atoms with van der Waals surface area (Å²) >= 11 is 0. The first kappa shape index (κ1) is 16.2. The molecule has 1 saturated heterocycles. The van der Waals surface area contributed by atoms with Crippen LogP contribution in [0.4, 0.5) is 5.82 Å². The number of hydrogen-bond acceptors (Lipinski definition) is 6. The minimum atomic E-state index is -0.284. The molecule has 2 atom stereocenters. The van der Waals surface area contributed by atoms with Crippen molar-refractivity contribution in [3.05, 3.63) is 30.0 Å². The Balaban J connectivity index is 1.59. The smallest absolute Gasteiger partial charge is 0.161 e. The zero-order valence-electron chi connectivity index (χ0n) is 14.4. The average Bonchev–Trinajstić information content (AvgIpc) is 2.67. The Kier molecular flexibility index (Phi) is 4.06. The SMILES string of the molecule is CCOC1CC(O)C12CCN(c1nc3ncccc3cc1C#N)CC2. The van der Waals surface area contributed by atoms with E-state index in [0.29, 0.717) is 23.6 Å². The summed E-state index contributed by atoms with van der Waals surface area (Å²) in [6, 6.07) is 7.89.